The van der Waals surface area contributed by atoms with Crippen molar-refractivity contribution in [2.24, 2.45) is 5.92 Å². The minimum atomic E-state index is -3.53. The Labute approximate surface area is 126 Å². The van der Waals surface area contributed by atoms with Crippen LogP contribution in [0.15, 0.2) is 29.2 Å². The third-order valence-corrected chi connectivity index (χ3v) is 5.72. The van der Waals surface area contributed by atoms with Crippen molar-refractivity contribution in [1.82, 2.24) is 9.62 Å². The molecule has 0 aliphatic carbocycles. The first kappa shape index (κ1) is 16.4. The molecule has 21 heavy (non-hydrogen) atoms. The van der Waals surface area contributed by atoms with E-state index in [2.05, 4.69) is 5.32 Å². The number of piperidine rings is 1. The molecule has 0 amide bonds. The number of nitrogens with zero attached hydrogens (tertiary/aromatic N) is 1. The number of hydrogen-bond acceptors (Lipinski definition) is 3. The molecule has 2 rings (SSSR count). The number of sulfonamides is 1. The van der Waals surface area contributed by atoms with Gasteiger partial charge >= 0.3 is 0 Å². The topological polar surface area (TPSA) is 49.4 Å². The Kier molecular flexibility index (Phi) is 5.72. The van der Waals surface area contributed by atoms with Gasteiger partial charge in [-0.2, -0.15) is 4.31 Å². The van der Waals surface area contributed by atoms with Crippen LogP contribution in [0.1, 0.15) is 26.2 Å². The van der Waals surface area contributed by atoms with Gasteiger partial charge in [0.25, 0.3) is 0 Å². The molecule has 4 nitrogen and oxygen atoms in total. The van der Waals surface area contributed by atoms with E-state index in [1.54, 1.807) is 4.31 Å². The van der Waals surface area contributed by atoms with E-state index in [4.69, 9.17) is 0 Å². The van der Waals surface area contributed by atoms with E-state index in [0.717, 1.165) is 32.4 Å². The minimum Gasteiger partial charge on any atom is -0.317 e. The Morgan fingerprint density at radius 1 is 1.24 bits per heavy atom. The fourth-order valence-corrected chi connectivity index (χ4v) is 4.28. The van der Waals surface area contributed by atoms with Crippen LogP contribution < -0.4 is 5.32 Å². The third kappa shape index (κ3) is 4.25. The first-order chi connectivity index (χ1) is 10.0. The summed E-state index contributed by atoms with van der Waals surface area (Å²) in [7, 11) is -3.53. The molecule has 0 bridgehead atoms. The average molecular weight is 314 g/mol. The Balaban J connectivity index is 2.16. The lowest BCUT2D eigenvalue weighted by molar-refractivity contribution is 0.288. The lowest BCUT2D eigenvalue weighted by Crippen LogP contribution is -2.39. The average Bonchev–Trinajstić information content (AvgIpc) is 2.48. The van der Waals surface area contributed by atoms with Crippen molar-refractivity contribution in [3.8, 4) is 0 Å². The van der Waals surface area contributed by atoms with Gasteiger partial charge in [-0.15, -0.1) is 0 Å². The van der Waals surface area contributed by atoms with Crippen molar-refractivity contribution < 1.29 is 12.8 Å². The Morgan fingerprint density at radius 3 is 2.43 bits per heavy atom. The van der Waals surface area contributed by atoms with Crippen LogP contribution in [0.4, 0.5) is 4.39 Å². The van der Waals surface area contributed by atoms with Crippen molar-refractivity contribution >= 4 is 10.0 Å². The van der Waals surface area contributed by atoms with Crippen molar-refractivity contribution in [2.45, 2.75) is 31.1 Å². The van der Waals surface area contributed by atoms with Gasteiger partial charge in [-0.05, 0) is 62.5 Å². The van der Waals surface area contributed by atoms with Gasteiger partial charge in [-0.25, -0.2) is 12.8 Å². The van der Waals surface area contributed by atoms with Gasteiger partial charge in [0.2, 0.25) is 10.0 Å². The Bertz CT molecular complexity index is 539. The van der Waals surface area contributed by atoms with Gasteiger partial charge in [-0.1, -0.05) is 6.92 Å². The maximum Gasteiger partial charge on any atom is 0.243 e. The van der Waals surface area contributed by atoms with E-state index in [1.165, 1.54) is 24.3 Å². The van der Waals surface area contributed by atoms with Crippen LogP contribution in [0.3, 0.4) is 0 Å². The molecule has 0 aromatic heterocycles. The molecule has 1 heterocycles. The zero-order valence-corrected chi connectivity index (χ0v) is 13.2. The second-order valence-electron chi connectivity index (χ2n) is 5.51. The van der Waals surface area contributed by atoms with Crippen LogP contribution in [-0.2, 0) is 10.0 Å². The fourth-order valence-electron chi connectivity index (χ4n) is 2.67. The maximum atomic E-state index is 13.0. The molecule has 1 aliphatic heterocycles. The van der Waals surface area contributed by atoms with Crippen LogP contribution in [-0.4, -0.2) is 38.9 Å². The summed E-state index contributed by atoms with van der Waals surface area (Å²) in [6, 6.07) is 5.08. The minimum absolute atomic E-state index is 0.172. The molecule has 1 N–H and O–H groups in total. The lowest BCUT2D eigenvalue weighted by Gasteiger charge is -2.29. The van der Waals surface area contributed by atoms with Crippen molar-refractivity contribution in [2.75, 3.05) is 26.2 Å². The first-order valence-electron chi connectivity index (χ1n) is 7.50. The molecular weight excluding hydrogens is 291 g/mol. The SMILES string of the molecule is CCCN(CC1CCNCC1)S(=O)(=O)c1ccc(F)cc1. The second kappa shape index (κ2) is 7.33. The summed E-state index contributed by atoms with van der Waals surface area (Å²) in [5.74, 6) is -0.0256. The first-order valence-corrected chi connectivity index (χ1v) is 8.94. The molecule has 0 spiro atoms. The van der Waals surface area contributed by atoms with Crippen LogP contribution in [0, 0.1) is 11.7 Å². The molecule has 0 atom stereocenters. The molecule has 1 saturated heterocycles. The summed E-state index contributed by atoms with van der Waals surface area (Å²) in [5, 5.41) is 3.29. The highest BCUT2D eigenvalue weighted by Gasteiger charge is 2.27. The van der Waals surface area contributed by atoms with Crippen molar-refractivity contribution in [1.29, 1.82) is 0 Å². The lowest BCUT2D eigenvalue weighted by atomic mass is 9.98. The third-order valence-electron chi connectivity index (χ3n) is 3.84. The second-order valence-corrected chi connectivity index (χ2v) is 7.45. The maximum absolute atomic E-state index is 13.0. The number of benzene rings is 1. The van der Waals surface area contributed by atoms with E-state index in [1.807, 2.05) is 6.92 Å². The molecule has 6 heteroatoms. The van der Waals surface area contributed by atoms with Crippen LogP contribution in [0.2, 0.25) is 0 Å². The zero-order valence-electron chi connectivity index (χ0n) is 12.4. The normalized spacial score (nSPS) is 17.3. The smallest absolute Gasteiger partial charge is 0.243 e. The van der Waals surface area contributed by atoms with Crippen LogP contribution in [0.25, 0.3) is 0 Å². The number of nitrogens with one attached hydrogen (secondary N) is 1. The van der Waals surface area contributed by atoms with E-state index >= 15 is 0 Å². The van der Waals surface area contributed by atoms with Gasteiger partial charge in [0.1, 0.15) is 5.82 Å². The summed E-state index contributed by atoms with van der Waals surface area (Å²) in [5.41, 5.74) is 0. The summed E-state index contributed by atoms with van der Waals surface area (Å²) < 4.78 is 39.9. The van der Waals surface area contributed by atoms with Crippen molar-refractivity contribution in [3.63, 3.8) is 0 Å². The standard InChI is InChI=1S/C15H23FN2O2S/c1-2-11-18(12-13-7-9-17-10-8-13)21(19,20)15-5-3-14(16)4-6-15/h3-6,13,17H,2,7-12H2,1H3. The highest BCUT2D eigenvalue weighted by Crippen LogP contribution is 2.21. The number of halogens is 1. The predicted octanol–water partition coefficient (Wildman–Crippen LogP) is 2.23. The Morgan fingerprint density at radius 2 is 1.86 bits per heavy atom. The summed E-state index contributed by atoms with van der Waals surface area (Å²) in [4.78, 5) is 0.172. The fraction of sp³-hybridized carbons (Fsp3) is 0.600. The quantitative estimate of drug-likeness (QED) is 0.876. The van der Waals surface area contributed by atoms with E-state index < -0.39 is 15.8 Å². The van der Waals surface area contributed by atoms with E-state index in [-0.39, 0.29) is 4.90 Å². The number of hydrogen-bond donors (Lipinski definition) is 1. The molecule has 0 saturated carbocycles. The zero-order chi connectivity index (χ0) is 15.3. The molecule has 1 aliphatic rings. The van der Waals surface area contributed by atoms with E-state index in [9.17, 15) is 12.8 Å². The van der Waals surface area contributed by atoms with Crippen LogP contribution in [0.5, 0.6) is 0 Å². The molecule has 0 unspecified atom stereocenters. The van der Waals surface area contributed by atoms with Gasteiger partial charge in [-0.3, -0.25) is 0 Å². The molecule has 0 radical (unpaired) electrons. The summed E-state index contributed by atoms with van der Waals surface area (Å²) in [6.45, 7) is 4.91. The van der Waals surface area contributed by atoms with Crippen LogP contribution >= 0.6 is 0 Å². The number of rotatable bonds is 6. The van der Waals surface area contributed by atoms with E-state index in [0.29, 0.717) is 19.0 Å². The molecule has 1 aromatic rings. The largest absolute Gasteiger partial charge is 0.317 e. The predicted molar refractivity (Wildman–Crippen MR) is 81.0 cm³/mol. The highest BCUT2D eigenvalue weighted by molar-refractivity contribution is 7.89. The van der Waals surface area contributed by atoms with Gasteiger partial charge in [0.15, 0.2) is 0 Å². The van der Waals surface area contributed by atoms with Gasteiger partial charge in [0.05, 0.1) is 4.90 Å². The Hall–Kier alpha value is -0.980. The van der Waals surface area contributed by atoms with Crippen molar-refractivity contribution in [3.05, 3.63) is 30.1 Å². The summed E-state index contributed by atoms with van der Waals surface area (Å²) in [6.07, 6.45) is 2.77. The monoisotopic (exact) mass is 314 g/mol. The molecule has 118 valence electrons. The molecule has 1 aromatic carbocycles. The molecule has 1 fully saturated rings. The molecular formula is C15H23FN2O2S. The summed E-state index contributed by atoms with van der Waals surface area (Å²) >= 11 is 0. The highest BCUT2D eigenvalue weighted by atomic mass is 32.2. The van der Waals surface area contributed by atoms with Gasteiger partial charge < -0.3 is 5.32 Å². The van der Waals surface area contributed by atoms with Gasteiger partial charge in [0, 0.05) is 13.1 Å².